The Morgan fingerprint density at radius 3 is 1.22 bits per heavy atom. The maximum Gasteiger partial charge on any atom is 0.305 e. The number of likely N-dealkylation sites (tertiary alicyclic amines) is 2. The fourth-order valence-corrected chi connectivity index (χ4v) is 18.3. The molecule has 13 rings (SSSR count). The molecule has 2 fully saturated rings. The number of ketones is 1. The van der Waals surface area contributed by atoms with Crippen molar-refractivity contribution in [1.82, 2.24) is 45.6 Å². The van der Waals surface area contributed by atoms with Crippen LogP contribution in [0.25, 0.3) is 44.5 Å². The van der Waals surface area contributed by atoms with Crippen LogP contribution in [0.2, 0.25) is 0 Å². The number of carbonyl (C=O) groups is 11. The number of piperidine rings is 1. The van der Waals surface area contributed by atoms with Gasteiger partial charge in [-0.2, -0.15) is 0 Å². The minimum atomic E-state index is -1.03. The molecule has 5 heterocycles. The number of carboxylic acids is 3. The van der Waals surface area contributed by atoms with Crippen LogP contribution in [0.1, 0.15) is 239 Å². The Hall–Kier alpha value is -13.8. The molecule has 0 bridgehead atoms. The molecule has 8 atom stereocenters. The number of Topliss-reactive ketones (excluding diaryl/α,β-unsaturated/α-hetero) is 1. The first-order valence-electron chi connectivity index (χ1n) is 47.5. The number of β-lactam (4-membered cyclic amide) rings is 1. The van der Waals surface area contributed by atoms with Gasteiger partial charge in [-0.1, -0.05) is 219 Å². The molecule has 722 valence electrons. The van der Waals surface area contributed by atoms with Crippen molar-refractivity contribution in [1.29, 1.82) is 0 Å². The van der Waals surface area contributed by atoms with Crippen molar-refractivity contribution in [3.05, 3.63) is 291 Å². The highest BCUT2D eigenvalue weighted by Gasteiger charge is 2.49. The molecular weight excluding hydrogens is 1730 g/mol. The third kappa shape index (κ3) is 29.1. The van der Waals surface area contributed by atoms with Gasteiger partial charge >= 0.3 is 17.9 Å². The van der Waals surface area contributed by atoms with Gasteiger partial charge in [0, 0.05) is 68.4 Å². The molecule has 3 aliphatic rings. The second-order valence-corrected chi connectivity index (χ2v) is 38.7. The van der Waals surface area contributed by atoms with Crippen LogP contribution in [0.5, 0.6) is 0 Å². The average Bonchev–Trinajstić information content (AvgIpc) is 0.753. The highest BCUT2D eigenvalue weighted by molar-refractivity contribution is 6.03. The number of aliphatic carboxylic acids is 3. The average molecular weight is 1860 g/mol. The predicted molar refractivity (Wildman–Crippen MR) is 535 cm³/mol. The number of anilines is 1. The second-order valence-electron chi connectivity index (χ2n) is 38.7. The summed E-state index contributed by atoms with van der Waals surface area (Å²) < 4.78 is 1.35. The SMILES string of the molecule is CC(=O)C[C@H](NC(=O)C(CC(C)C)N1CC(C)(C)C1=O)c1cccc(-c2ccccc2C)c1.Cc1cccc(C)c1-c1cncc([C@H](CC(=O)O)NC(=O)C(CC(C)C)N2C(=O)CCc3ccccc32)c1.Cc1ccccc1-c1cccc([C@H](CC(=O)O)NC(=O)C(CC(C)C)N2CCCCC2=O)c1.Cc1ccccc1-c1cccc([C@H](CC(=O)O)NC(=O)[C@H](CC(C)C)n2ccncc2=O)c1. The monoisotopic (exact) mass is 1860 g/mol. The van der Waals surface area contributed by atoms with Crippen LogP contribution in [0.4, 0.5) is 5.69 Å². The Morgan fingerprint density at radius 1 is 0.394 bits per heavy atom. The van der Waals surface area contributed by atoms with E-state index in [9.17, 15) is 72.9 Å². The zero-order valence-electron chi connectivity index (χ0n) is 81.8. The number of hydrogen-bond donors (Lipinski definition) is 7. The first-order chi connectivity index (χ1) is 65.2. The van der Waals surface area contributed by atoms with Gasteiger partial charge in [0.1, 0.15) is 30.0 Å². The third-order valence-corrected chi connectivity index (χ3v) is 25.1. The lowest BCUT2D eigenvalue weighted by atomic mass is 9.80. The number of aryl methyl sites for hydroxylation is 6. The van der Waals surface area contributed by atoms with Gasteiger partial charge in [0.05, 0.1) is 55.0 Å². The highest BCUT2D eigenvalue weighted by atomic mass is 16.4. The molecule has 3 aliphatic heterocycles. The summed E-state index contributed by atoms with van der Waals surface area (Å²) in [4.78, 5) is 165. The maximum atomic E-state index is 13.8. The van der Waals surface area contributed by atoms with Crippen molar-refractivity contribution in [2.24, 2.45) is 29.1 Å². The van der Waals surface area contributed by atoms with Crippen molar-refractivity contribution in [2.45, 2.75) is 243 Å². The number of nitrogens with zero attached hydrogens (tertiary/aromatic N) is 6. The van der Waals surface area contributed by atoms with Crippen molar-refractivity contribution in [3.63, 3.8) is 0 Å². The van der Waals surface area contributed by atoms with Gasteiger partial charge in [0.2, 0.25) is 41.4 Å². The quantitative estimate of drug-likeness (QED) is 0.0179. The van der Waals surface area contributed by atoms with E-state index in [-0.39, 0.29) is 96.1 Å². The summed E-state index contributed by atoms with van der Waals surface area (Å²) in [6, 6.07) is 57.6. The lowest BCUT2D eigenvalue weighted by Gasteiger charge is -2.48. The second kappa shape index (κ2) is 49.1. The fraction of sp³-hybridized carbons (Fsp3) is 0.393. The van der Waals surface area contributed by atoms with Gasteiger partial charge in [0.25, 0.3) is 5.56 Å². The lowest BCUT2D eigenvalue weighted by Crippen LogP contribution is -2.65. The topological polar surface area (TPSA) is 354 Å². The number of nitrogens with one attached hydrogen (secondary N) is 4. The molecule has 2 saturated heterocycles. The molecule has 25 nitrogen and oxygen atoms in total. The Balaban J connectivity index is 0.000000189. The fourth-order valence-electron chi connectivity index (χ4n) is 18.3. The van der Waals surface area contributed by atoms with Crippen LogP contribution in [-0.4, -0.2) is 136 Å². The first-order valence-corrected chi connectivity index (χ1v) is 47.5. The normalized spacial score (nSPS) is 15.0. The number of benzene rings is 8. The van der Waals surface area contributed by atoms with Crippen molar-refractivity contribution in [2.75, 3.05) is 18.0 Å². The van der Waals surface area contributed by atoms with E-state index in [1.165, 1.54) is 30.1 Å². The summed E-state index contributed by atoms with van der Waals surface area (Å²) in [6.45, 7) is 32.7. The summed E-state index contributed by atoms with van der Waals surface area (Å²) in [5, 5.41) is 40.7. The molecule has 0 spiro atoms. The Morgan fingerprint density at radius 2 is 0.788 bits per heavy atom. The molecule has 7 N–H and O–H groups in total. The number of rotatable bonds is 36. The van der Waals surface area contributed by atoms with Crippen molar-refractivity contribution in [3.8, 4) is 44.5 Å². The first kappa shape index (κ1) is 105. The molecule has 3 unspecified atom stereocenters. The number of carboxylic acid groups (broad SMARTS) is 3. The van der Waals surface area contributed by atoms with E-state index >= 15 is 0 Å². The molecule has 2 aromatic heterocycles. The maximum absolute atomic E-state index is 13.8. The standard InChI is InChI=1S/C31H35N3O4.C28H36N2O3.C27H34N2O4.C26H29N3O4/c1-19(2)14-27(34-26-11-6-5-10-22(26)12-13-28(34)35)31(38)33-25(16-29(36)37)23-15-24(18-32-17-23)30-20(3)8-7-9-21(30)4;1-18(2)14-25(30-17-28(5,6)27(30)33)26(32)29-24(15-20(4)31)22-12-9-11-21(16-22)23-13-8-7-10-19(23)3;1-18(2)15-24(29-14-7-6-13-25(29)30)27(33)28-23(17-26(31)32)21-11-8-10-20(16-21)22-12-5-4-9-19(22)3;1-17(2)13-23(29-12-11-27-16-24(29)30)26(33)28-22(15-25(31)32)20-9-6-8-19(14-20)21-10-5-4-7-18(21)3/h5-11,15,17-19,25,27H,12-14,16H2,1-4H3,(H,33,38)(H,36,37);7-13,16,18,24-25H,14-15,17H2,1-6H3,(H,29,32);4-5,8-12,16,18,23-24H,6-7,13-15,17H2,1-3H3,(H,28,33)(H,31,32);4-12,14,16-17,22-23H,13,15H2,1-3H3,(H,28,33)(H,31,32)/t25-,27?;24-,25?;23-,24?;22-,23-/m0000/s1. The van der Waals surface area contributed by atoms with Gasteiger partial charge in [-0.25, -0.2) is 0 Å². The van der Waals surface area contributed by atoms with Crippen LogP contribution in [0.3, 0.4) is 0 Å². The molecule has 8 aromatic carbocycles. The number of fused-ring (bicyclic) bond motifs is 1. The van der Waals surface area contributed by atoms with Crippen LogP contribution < -0.4 is 31.7 Å². The minimum Gasteiger partial charge on any atom is -0.481 e. The molecule has 0 saturated carbocycles. The number of amides is 7. The van der Waals surface area contributed by atoms with E-state index in [2.05, 4.69) is 64.1 Å². The number of pyridine rings is 1. The minimum absolute atomic E-state index is 0.00150. The summed E-state index contributed by atoms with van der Waals surface area (Å²) in [7, 11) is 0. The largest absolute Gasteiger partial charge is 0.481 e. The van der Waals surface area contributed by atoms with E-state index in [1.807, 2.05) is 265 Å². The van der Waals surface area contributed by atoms with Crippen molar-refractivity contribution < 1.29 is 68.1 Å². The van der Waals surface area contributed by atoms with E-state index in [4.69, 9.17) is 0 Å². The van der Waals surface area contributed by atoms with Gasteiger partial charge in [-0.15, -0.1) is 0 Å². The Bertz CT molecular complexity index is 6000. The zero-order chi connectivity index (χ0) is 99.6. The summed E-state index contributed by atoms with van der Waals surface area (Å²) in [5.41, 5.74) is 17.5. The number of para-hydroxylation sites is 1. The lowest BCUT2D eigenvalue weighted by molar-refractivity contribution is -0.165. The van der Waals surface area contributed by atoms with E-state index < -0.39 is 77.6 Å². The smallest absolute Gasteiger partial charge is 0.305 e. The predicted octanol–water partition coefficient (Wildman–Crippen LogP) is 19.3. The molecule has 0 aliphatic carbocycles. The molecule has 0 radical (unpaired) electrons. The van der Waals surface area contributed by atoms with Gasteiger partial charge < -0.3 is 51.0 Å². The van der Waals surface area contributed by atoms with Crippen LogP contribution >= 0.6 is 0 Å². The molecule has 10 aromatic rings. The van der Waals surface area contributed by atoms with E-state index in [0.29, 0.717) is 69.2 Å². The van der Waals surface area contributed by atoms with Crippen molar-refractivity contribution >= 4 is 70.7 Å². The Kier molecular flexibility index (Phi) is 37.7. The van der Waals surface area contributed by atoms with E-state index in [1.54, 1.807) is 27.1 Å². The van der Waals surface area contributed by atoms with E-state index in [0.717, 1.165) is 108 Å². The molecule has 137 heavy (non-hydrogen) atoms. The van der Waals surface area contributed by atoms with Crippen LogP contribution in [0, 0.1) is 63.7 Å². The molecular formula is C112H134N10O15. The number of aromatic nitrogens is 3. The zero-order valence-corrected chi connectivity index (χ0v) is 81.8. The molecule has 25 heteroatoms. The number of hydrogen-bond acceptors (Lipinski definition) is 14. The summed E-state index contributed by atoms with van der Waals surface area (Å²) in [6.07, 6.45) is 12.0. The van der Waals surface area contributed by atoms with Gasteiger partial charge in [-0.05, 0) is 249 Å². The Labute approximate surface area is 805 Å². The summed E-state index contributed by atoms with van der Waals surface area (Å²) in [5.74, 6) is -3.63. The number of carbonyl (C=O) groups excluding carboxylic acids is 8. The highest BCUT2D eigenvalue weighted by Crippen LogP contribution is 2.39. The third-order valence-electron chi connectivity index (χ3n) is 25.1. The van der Waals surface area contributed by atoms with Crippen LogP contribution in [-0.2, 0) is 59.2 Å². The molecule has 7 amide bonds. The van der Waals surface area contributed by atoms with Gasteiger partial charge in [-0.3, -0.25) is 72.4 Å². The van der Waals surface area contributed by atoms with Gasteiger partial charge in [0.15, 0.2) is 0 Å². The van der Waals surface area contributed by atoms with Crippen LogP contribution in [0.15, 0.2) is 230 Å². The summed E-state index contributed by atoms with van der Waals surface area (Å²) >= 11 is 0.